The van der Waals surface area contributed by atoms with Crippen LogP contribution in [0.25, 0.3) is 0 Å². The maximum Gasteiger partial charge on any atom is 0.305 e. The van der Waals surface area contributed by atoms with Gasteiger partial charge in [0.2, 0.25) is 0 Å². The summed E-state index contributed by atoms with van der Waals surface area (Å²) in [5, 5.41) is 8.90. The highest BCUT2D eigenvalue weighted by atomic mass is 16.5. The number of aliphatic carboxylic acids is 1. The fourth-order valence-corrected chi connectivity index (χ4v) is 2.15. The quantitative estimate of drug-likeness (QED) is 0.739. The first kappa shape index (κ1) is 11.5. The predicted octanol–water partition coefficient (Wildman–Crippen LogP) is 0.960. The van der Waals surface area contributed by atoms with E-state index in [1.807, 2.05) is 25.9 Å². The Morgan fingerprint density at radius 1 is 1.64 bits per heavy atom. The minimum absolute atomic E-state index is 0.158. The zero-order valence-corrected chi connectivity index (χ0v) is 9.12. The summed E-state index contributed by atoms with van der Waals surface area (Å²) >= 11 is 0. The maximum atomic E-state index is 10.8. The minimum Gasteiger partial charge on any atom is -0.481 e. The highest BCUT2D eigenvalue weighted by Crippen LogP contribution is 2.32. The number of ether oxygens (including phenoxy) is 1. The Bertz CT molecular complexity index is 217. The van der Waals surface area contributed by atoms with Crippen molar-refractivity contribution in [2.45, 2.75) is 37.8 Å². The second-order valence-electron chi connectivity index (χ2n) is 4.32. The number of carboxylic acids is 1. The molecule has 14 heavy (non-hydrogen) atoms. The summed E-state index contributed by atoms with van der Waals surface area (Å²) in [7, 11) is 3.89. The van der Waals surface area contributed by atoms with E-state index in [1.54, 1.807) is 0 Å². The number of hydrogen-bond donors (Lipinski definition) is 1. The van der Waals surface area contributed by atoms with Crippen molar-refractivity contribution in [1.29, 1.82) is 0 Å². The summed E-state index contributed by atoms with van der Waals surface area (Å²) in [4.78, 5) is 12.8. The first-order valence-corrected chi connectivity index (χ1v) is 4.97. The van der Waals surface area contributed by atoms with Gasteiger partial charge in [0.25, 0.3) is 0 Å². The molecule has 1 aliphatic heterocycles. The van der Waals surface area contributed by atoms with E-state index in [0.717, 1.165) is 12.8 Å². The molecule has 0 aliphatic carbocycles. The van der Waals surface area contributed by atoms with Gasteiger partial charge in [-0.3, -0.25) is 4.79 Å². The van der Waals surface area contributed by atoms with E-state index in [-0.39, 0.29) is 18.1 Å². The largest absolute Gasteiger partial charge is 0.481 e. The third-order valence-corrected chi connectivity index (χ3v) is 3.07. The van der Waals surface area contributed by atoms with Crippen LogP contribution in [-0.2, 0) is 9.53 Å². The fraction of sp³-hybridized carbons (Fsp3) is 0.900. The van der Waals surface area contributed by atoms with Crippen molar-refractivity contribution < 1.29 is 14.6 Å². The summed E-state index contributed by atoms with van der Waals surface area (Å²) in [5.74, 6) is -0.729. The maximum absolute atomic E-state index is 10.8. The lowest BCUT2D eigenvalue weighted by atomic mass is 9.83. The molecule has 0 aromatic heterocycles. The lowest BCUT2D eigenvalue weighted by Crippen LogP contribution is -2.51. The van der Waals surface area contributed by atoms with Crippen LogP contribution >= 0.6 is 0 Å². The number of carboxylic acid groups (broad SMARTS) is 1. The standard InChI is InChI=1S/C10H19NO3/c1-8-6-10(11(2)3,4-5-14-8)7-9(12)13/h8H,4-7H2,1-3H3,(H,12,13). The lowest BCUT2D eigenvalue weighted by Gasteiger charge is -2.44. The second-order valence-corrected chi connectivity index (χ2v) is 4.32. The minimum atomic E-state index is -0.729. The van der Waals surface area contributed by atoms with Gasteiger partial charge < -0.3 is 14.7 Å². The van der Waals surface area contributed by atoms with E-state index in [2.05, 4.69) is 0 Å². The fourth-order valence-electron chi connectivity index (χ4n) is 2.15. The Morgan fingerprint density at radius 3 is 2.71 bits per heavy atom. The van der Waals surface area contributed by atoms with Crippen molar-refractivity contribution in [2.24, 2.45) is 0 Å². The van der Waals surface area contributed by atoms with Crippen LogP contribution in [0.15, 0.2) is 0 Å². The van der Waals surface area contributed by atoms with Crippen LogP contribution < -0.4 is 0 Å². The molecule has 82 valence electrons. The van der Waals surface area contributed by atoms with Gasteiger partial charge in [0.05, 0.1) is 12.5 Å². The average Bonchev–Trinajstić information content (AvgIpc) is 2.02. The molecule has 1 aliphatic rings. The number of hydrogen-bond acceptors (Lipinski definition) is 3. The highest BCUT2D eigenvalue weighted by molar-refractivity contribution is 5.68. The lowest BCUT2D eigenvalue weighted by molar-refractivity contribution is -0.143. The van der Waals surface area contributed by atoms with Crippen LogP contribution in [0.2, 0.25) is 0 Å². The molecule has 0 aromatic rings. The van der Waals surface area contributed by atoms with E-state index in [0.29, 0.717) is 6.61 Å². The number of rotatable bonds is 3. The van der Waals surface area contributed by atoms with E-state index in [9.17, 15) is 4.79 Å². The molecule has 2 atom stereocenters. The van der Waals surface area contributed by atoms with Crippen molar-refractivity contribution in [3.05, 3.63) is 0 Å². The van der Waals surface area contributed by atoms with Crippen LogP contribution in [0.3, 0.4) is 0 Å². The highest BCUT2D eigenvalue weighted by Gasteiger charge is 2.39. The van der Waals surface area contributed by atoms with Gasteiger partial charge in [-0.1, -0.05) is 0 Å². The summed E-state index contributed by atoms with van der Waals surface area (Å²) in [6, 6.07) is 0. The van der Waals surface area contributed by atoms with E-state index < -0.39 is 5.97 Å². The Labute approximate surface area is 84.8 Å². The van der Waals surface area contributed by atoms with Crippen LogP contribution in [0.4, 0.5) is 0 Å². The van der Waals surface area contributed by atoms with Crippen molar-refractivity contribution in [3.63, 3.8) is 0 Å². The van der Waals surface area contributed by atoms with Gasteiger partial charge in [-0.25, -0.2) is 0 Å². The Morgan fingerprint density at radius 2 is 2.29 bits per heavy atom. The molecule has 1 saturated heterocycles. The van der Waals surface area contributed by atoms with Gasteiger partial charge in [0, 0.05) is 12.1 Å². The Balaban J connectivity index is 2.74. The molecule has 1 fully saturated rings. The van der Waals surface area contributed by atoms with Crippen LogP contribution in [0.1, 0.15) is 26.2 Å². The van der Waals surface area contributed by atoms with Crippen molar-refractivity contribution in [3.8, 4) is 0 Å². The smallest absolute Gasteiger partial charge is 0.305 e. The van der Waals surface area contributed by atoms with Crippen LogP contribution in [0, 0.1) is 0 Å². The van der Waals surface area contributed by atoms with Crippen molar-refractivity contribution >= 4 is 5.97 Å². The average molecular weight is 201 g/mol. The van der Waals surface area contributed by atoms with Gasteiger partial charge in [0.15, 0.2) is 0 Å². The molecular formula is C10H19NO3. The number of nitrogens with zero attached hydrogens (tertiary/aromatic N) is 1. The van der Waals surface area contributed by atoms with Gasteiger partial charge in [-0.2, -0.15) is 0 Å². The molecule has 0 spiro atoms. The van der Waals surface area contributed by atoms with Crippen LogP contribution in [-0.4, -0.2) is 48.3 Å². The molecule has 4 nitrogen and oxygen atoms in total. The third-order valence-electron chi connectivity index (χ3n) is 3.07. The van der Waals surface area contributed by atoms with E-state index in [1.165, 1.54) is 0 Å². The normalized spacial score (nSPS) is 33.3. The molecule has 0 amide bonds. The summed E-state index contributed by atoms with van der Waals surface area (Å²) in [6.07, 6.45) is 1.96. The predicted molar refractivity (Wildman–Crippen MR) is 53.3 cm³/mol. The second kappa shape index (κ2) is 4.28. The Hall–Kier alpha value is -0.610. The van der Waals surface area contributed by atoms with Gasteiger partial charge in [-0.15, -0.1) is 0 Å². The number of carbonyl (C=O) groups is 1. The van der Waals surface area contributed by atoms with Crippen molar-refractivity contribution in [1.82, 2.24) is 4.90 Å². The first-order chi connectivity index (χ1) is 6.46. The van der Waals surface area contributed by atoms with Crippen molar-refractivity contribution in [2.75, 3.05) is 20.7 Å². The molecular weight excluding hydrogens is 182 g/mol. The van der Waals surface area contributed by atoms with Crippen LogP contribution in [0.5, 0.6) is 0 Å². The molecule has 0 saturated carbocycles. The molecule has 0 bridgehead atoms. The zero-order chi connectivity index (χ0) is 10.8. The molecule has 1 N–H and O–H groups in total. The summed E-state index contributed by atoms with van der Waals surface area (Å²) in [6.45, 7) is 2.66. The summed E-state index contributed by atoms with van der Waals surface area (Å²) in [5.41, 5.74) is -0.219. The molecule has 0 radical (unpaired) electrons. The molecule has 4 heteroatoms. The topological polar surface area (TPSA) is 49.8 Å². The Kier molecular flexibility index (Phi) is 3.50. The van der Waals surface area contributed by atoms with Gasteiger partial charge in [0.1, 0.15) is 0 Å². The first-order valence-electron chi connectivity index (χ1n) is 4.97. The van der Waals surface area contributed by atoms with E-state index >= 15 is 0 Å². The molecule has 1 rings (SSSR count). The molecule has 2 unspecified atom stereocenters. The van der Waals surface area contributed by atoms with Gasteiger partial charge >= 0.3 is 5.97 Å². The molecule has 1 heterocycles. The monoisotopic (exact) mass is 201 g/mol. The third kappa shape index (κ3) is 2.45. The molecule has 0 aromatic carbocycles. The van der Waals surface area contributed by atoms with Gasteiger partial charge in [-0.05, 0) is 33.9 Å². The SMILES string of the molecule is CC1CC(CC(=O)O)(N(C)C)CCO1. The van der Waals surface area contributed by atoms with E-state index in [4.69, 9.17) is 9.84 Å². The summed E-state index contributed by atoms with van der Waals surface area (Å²) < 4.78 is 5.45. The zero-order valence-electron chi connectivity index (χ0n) is 9.12.